The maximum Gasteiger partial charge on any atom is 0.323 e. The molecule has 0 bridgehead atoms. The third-order valence-corrected chi connectivity index (χ3v) is 4.94. The minimum absolute atomic E-state index is 0.296. The van der Waals surface area contributed by atoms with Crippen molar-refractivity contribution in [3.8, 4) is 0 Å². The molecule has 0 aliphatic carbocycles. The minimum atomic E-state index is -0.822. The van der Waals surface area contributed by atoms with Gasteiger partial charge in [-0.2, -0.15) is 0 Å². The molecule has 21 heavy (non-hydrogen) atoms. The number of carboxylic acids is 1. The zero-order valence-corrected chi connectivity index (χ0v) is 14.5. The molecule has 2 unspecified atom stereocenters. The first-order valence-corrected chi connectivity index (χ1v) is 8.43. The van der Waals surface area contributed by atoms with Gasteiger partial charge < -0.3 is 15.3 Å². The maximum absolute atomic E-state index is 11.6. The molecule has 1 rings (SSSR count). The summed E-state index contributed by atoms with van der Waals surface area (Å²) in [6, 6.07) is 0.296. The van der Waals surface area contributed by atoms with Crippen LogP contribution in [0.3, 0.4) is 0 Å². The van der Waals surface area contributed by atoms with Crippen LogP contribution < -0.4 is 5.32 Å². The first-order valence-electron chi connectivity index (χ1n) is 8.43. The third-order valence-electron chi connectivity index (χ3n) is 4.94. The average Bonchev–Trinajstić information content (AvgIpc) is 2.57. The molecule has 124 valence electrons. The number of likely N-dealkylation sites (tertiary alicyclic amines) is 1. The molecule has 0 amide bonds. The van der Waals surface area contributed by atoms with Crippen LogP contribution in [0.4, 0.5) is 0 Å². The standard InChI is InChI=1S/C17H34N2O2/c1-6-10-18-17(5,15(20)21)13-14(2)19-11-7-8-16(3,4)9-12-19/h14,18H,6-13H2,1-5H3,(H,20,21). The predicted molar refractivity (Wildman–Crippen MR) is 87.6 cm³/mol. The van der Waals surface area contributed by atoms with Crippen molar-refractivity contribution in [2.75, 3.05) is 19.6 Å². The summed E-state index contributed by atoms with van der Waals surface area (Å²) in [5.74, 6) is -0.738. The molecule has 0 spiro atoms. The highest BCUT2D eigenvalue weighted by Crippen LogP contribution is 2.31. The summed E-state index contributed by atoms with van der Waals surface area (Å²) in [6.45, 7) is 13.7. The van der Waals surface area contributed by atoms with Crippen LogP contribution in [0, 0.1) is 5.41 Å². The number of hydrogen-bond acceptors (Lipinski definition) is 3. The van der Waals surface area contributed by atoms with Gasteiger partial charge in [-0.05, 0) is 71.0 Å². The summed E-state index contributed by atoms with van der Waals surface area (Å²) in [6.07, 6.45) is 5.28. The molecule has 0 saturated carbocycles. The Balaban J connectivity index is 2.64. The van der Waals surface area contributed by atoms with Crippen molar-refractivity contribution in [1.29, 1.82) is 0 Å². The Hall–Kier alpha value is -0.610. The molecule has 4 heteroatoms. The van der Waals surface area contributed by atoms with E-state index in [1.54, 1.807) is 0 Å². The molecular weight excluding hydrogens is 264 g/mol. The largest absolute Gasteiger partial charge is 0.480 e. The lowest BCUT2D eigenvalue weighted by atomic mass is 9.85. The van der Waals surface area contributed by atoms with E-state index in [0.29, 0.717) is 17.9 Å². The zero-order valence-electron chi connectivity index (χ0n) is 14.5. The first-order chi connectivity index (χ1) is 9.70. The van der Waals surface area contributed by atoms with Crippen LogP contribution >= 0.6 is 0 Å². The van der Waals surface area contributed by atoms with Gasteiger partial charge in [-0.25, -0.2) is 0 Å². The van der Waals surface area contributed by atoms with Crippen LogP contribution in [-0.4, -0.2) is 47.2 Å². The van der Waals surface area contributed by atoms with Crippen LogP contribution in [0.2, 0.25) is 0 Å². The Morgan fingerprint density at radius 2 is 2.05 bits per heavy atom. The second-order valence-electron chi connectivity index (χ2n) is 7.67. The quantitative estimate of drug-likeness (QED) is 0.758. The summed E-state index contributed by atoms with van der Waals surface area (Å²) in [5.41, 5.74) is -0.401. The van der Waals surface area contributed by atoms with Gasteiger partial charge in [-0.1, -0.05) is 20.8 Å². The summed E-state index contributed by atoms with van der Waals surface area (Å²) in [7, 11) is 0. The molecule has 0 aromatic heterocycles. The molecule has 2 N–H and O–H groups in total. The van der Waals surface area contributed by atoms with Crippen molar-refractivity contribution in [3.05, 3.63) is 0 Å². The molecule has 0 aromatic carbocycles. The molecule has 1 aliphatic rings. The van der Waals surface area contributed by atoms with Gasteiger partial charge in [0.15, 0.2) is 0 Å². The minimum Gasteiger partial charge on any atom is -0.480 e. The average molecular weight is 298 g/mol. The number of nitrogens with zero attached hydrogens (tertiary/aromatic N) is 1. The van der Waals surface area contributed by atoms with Gasteiger partial charge in [0.25, 0.3) is 0 Å². The van der Waals surface area contributed by atoms with Crippen LogP contribution in [-0.2, 0) is 4.79 Å². The van der Waals surface area contributed by atoms with E-state index in [9.17, 15) is 9.90 Å². The highest BCUT2D eigenvalue weighted by atomic mass is 16.4. The van der Waals surface area contributed by atoms with Gasteiger partial charge in [-0.3, -0.25) is 4.79 Å². The molecule has 1 aliphatic heterocycles. The van der Waals surface area contributed by atoms with E-state index in [4.69, 9.17) is 0 Å². The summed E-state index contributed by atoms with van der Waals surface area (Å²) in [4.78, 5) is 14.1. The van der Waals surface area contributed by atoms with Crippen molar-refractivity contribution < 1.29 is 9.90 Å². The molecular formula is C17H34N2O2. The highest BCUT2D eigenvalue weighted by molar-refractivity contribution is 5.78. The molecule has 0 radical (unpaired) electrons. The van der Waals surface area contributed by atoms with E-state index >= 15 is 0 Å². The van der Waals surface area contributed by atoms with Crippen LogP contribution in [0.25, 0.3) is 0 Å². The first kappa shape index (κ1) is 18.4. The maximum atomic E-state index is 11.6. The normalized spacial score (nSPS) is 24.0. The lowest BCUT2D eigenvalue weighted by Gasteiger charge is -2.35. The second kappa shape index (κ2) is 7.59. The number of aliphatic carboxylic acids is 1. The topological polar surface area (TPSA) is 52.6 Å². The second-order valence-corrected chi connectivity index (χ2v) is 7.67. The van der Waals surface area contributed by atoms with E-state index in [1.807, 2.05) is 6.92 Å². The van der Waals surface area contributed by atoms with Crippen LogP contribution in [0.1, 0.15) is 66.7 Å². The molecule has 1 fully saturated rings. The highest BCUT2D eigenvalue weighted by Gasteiger charge is 2.36. The van der Waals surface area contributed by atoms with Crippen molar-refractivity contribution in [2.45, 2.75) is 78.3 Å². The number of rotatable bonds is 7. The van der Waals surface area contributed by atoms with Gasteiger partial charge in [0.2, 0.25) is 0 Å². The SMILES string of the molecule is CCCNC(C)(CC(C)N1CCCC(C)(C)CC1)C(=O)O. The molecule has 0 aromatic rings. The summed E-state index contributed by atoms with van der Waals surface area (Å²) >= 11 is 0. The fourth-order valence-corrected chi connectivity index (χ4v) is 3.24. The fraction of sp³-hybridized carbons (Fsp3) is 0.941. The van der Waals surface area contributed by atoms with E-state index < -0.39 is 11.5 Å². The van der Waals surface area contributed by atoms with E-state index in [2.05, 4.69) is 37.9 Å². The molecule has 4 nitrogen and oxygen atoms in total. The van der Waals surface area contributed by atoms with Gasteiger partial charge in [0, 0.05) is 6.04 Å². The number of carbonyl (C=O) groups is 1. The lowest BCUT2D eigenvalue weighted by Crippen LogP contribution is -2.53. The van der Waals surface area contributed by atoms with Crippen LogP contribution in [0.15, 0.2) is 0 Å². The van der Waals surface area contributed by atoms with Gasteiger partial charge in [0.05, 0.1) is 0 Å². The Bertz CT molecular complexity index is 344. The van der Waals surface area contributed by atoms with Gasteiger partial charge in [-0.15, -0.1) is 0 Å². The third kappa shape index (κ3) is 5.59. The predicted octanol–water partition coefficient (Wildman–Crippen LogP) is 3.12. The van der Waals surface area contributed by atoms with Crippen molar-refractivity contribution in [2.24, 2.45) is 5.41 Å². The van der Waals surface area contributed by atoms with E-state index in [1.165, 1.54) is 19.3 Å². The fourth-order valence-electron chi connectivity index (χ4n) is 3.24. The van der Waals surface area contributed by atoms with E-state index in [0.717, 1.165) is 26.1 Å². The monoisotopic (exact) mass is 298 g/mol. The van der Waals surface area contributed by atoms with E-state index in [-0.39, 0.29) is 0 Å². The number of nitrogens with one attached hydrogen (secondary N) is 1. The van der Waals surface area contributed by atoms with Crippen LogP contribution in [0.5, 0.6) is 0 Å². The molecule has 1 saturated heterocycles. The van der Waals surface area contributed by atoms with Crippen molar-refractivity contribution in [1.82, 2.24) is 10.2 Å². The Morgan fingerprint density at radius 3 is 2.62 bits per heavy atom. The summed E-state index contributed by atoms with van der Waals surface area (Å²) in [5, 5.41) is 12.8. The van der Waals surface area contributed by atoms with Gasteiger partial charge in [0.1, 0.15) is 5.54 Å². The van der Waals surface area contributed by atoms with Crippen molar-refractivity contribution in [3.63, 3.8) is 0 Å². The number of hydrogen-bond donors (Lipinski definition) is 2. The summed E-state index contributed by atoms with van der Waals surface area (Å²) < 4.78 is 0. The smallest absolute Gasteiger partial charge is 0.323 e. The molecule has 2 atom stereocenters. The van der Waals surface area contributed by atoms with Crippen molar-refractivity contribution >= 4 is 5.97 Å². The lowest BCUT2D eigenvalue weighted by molar-refractivity contribution is -0.145. The Labute approximate surface area is 130 Å². The number of carboxylic acid groups (broad SMARTS) is 1. The van der Waals surface area contributed by atoms with Gasteiger partial charge >= 0.3 is 5.97 Å². The molecule has 1 heterocycles. The Kier molecular flexibility index (Phi) is 6.67. The zero-order chi connectivity index (χ0) is 16.1. The Morgan fingerprint density at radius 1 is 1.38 bits per heavy atom.